The lowest BCUT2D eigenvalue weighted by molar-refractivity contribution is -0.113. The van der Waals surface area contributed by atoms with Gasteiger partial charge >= 0.3 is 6.03 Å². The fourth-order valence-electron chi connectivity index (χ4n) is 2.96. The molecular weight excluding hydrogens is 347 g/mol. The van der Waals surface area contributed by atoms with E-state index in [1.807, 2.05) is 43.3 Å². The molecule has 1 atom stereocenters. The van der Waals surface area contributed by atoms with E-state index >= 15 is 0 Å². The summed E-state index contributed by atoms with van der Waals surface area (Å²) in [6.45, 7) is 1.65. The second kappa shape index (κ2) is 7.49. The van der Waals surface area contributed by atoms with Crippen molar-refractivity contribution in [1.82, 2.24) is 10.6 Å². The number of nitrogens with zero attached hydrogens (tertiary/aromatic N) is 1. The van der Waals surface area contributed by atoms with Crippen LogP contribution in [0.15, 0.2) is 59.8 Å². The molecule has 0 radical (unpaired) electrons. The largest absolute Gasteiger partial charge is 0.378 e. The molecule has 0 spiro atoms. The van der Waals surface area contributed by atoms with Crippen LogP contribution in [-0.4, -0.2) is 26.0 Å². The van der Waals surface area contributed by atoms with Gasteiger partial charge in [0.1, 0.15) is 5.82 Å². The van der Waals surface area contributed by atoms with Gasteiger partial charge in [-0.05, 0) is 36.8 Å². The van der Waals surface area contributed by atoms with Crippen molar-refractivity contribution in [2.24, 2.45) is 0 Å². The molecule has 0 bridgehead atoms. The first kappa shape index (κ1) is 18.4. The number of anilines is 2. The fourth-order valence-corrected chi connectivity index (χ4v) is 2.96. The van der Waals surface area contributed by atoms with Crippen LogP contribution in [0.25, 0.3) is 0 Å². The first-order valence-electron chi connectivity index (χ1n) is 8.48. The summed E-state index contributed by atoms with van der Waals surface area (Å²) >= 11 is 0. The molecule has 140 valence electrons. The Bertz CT molecular complexity index is 906. The Hall–Kier alpha value is -3.35. The van der Waals surface area contributed by atoms with Crippen molar-refractivity contribution in [3.8, 4) is 0 Å². The predicted molar refractivity (Wildman–Crippen MR) is 103 cm³/mol. The molecule has 2 aromatic rings. The van der Waals surface area contributed by atoms with Gasteiger partial charge in [0.05, 0.1) is 17.3 Å². The molecule has 27 heavy (non-hydrogen) atoms. The average Bonchev–Trinajstić information content (AvgIpc) is 2.63. The average molecular weight is 368 g/mol. The summed E-state index contributed by atoms with van der Waals surface area (Å²) in [5.74, 6) is -1.00. The van der Waals surface area contributed by atoms with Crippen molar-refractivity contribution >= 4 is 23.3 Å². The van der Waals surface area contributed by atoms with Gasteiger partial charge in [0.25, 0.3) is 5.91 Å². The Morgan fingerprint density at radius 3 is 2.41 bits per heavy atom. The van der Waals surface area contributed by atoms with E-state index in [4.69, 9.17) is 0 Å². The van der Waals surface area contributed by atoms with E-state index < -0.39 is 23.8 Å². The Morgan fingerprint density at radius 2 is 1.78 bits per heavy atom. The molecule has 1 aliphatic heterocycles. The van der Waals surface area contributed by atoms with Gasteiger partial charge in [0.2, 0.25) is 0 Å². The van der Waals surface area contributed by atoms with Gasteiger partial charge in [0, 0.05) is 25.5 Å². The van der Waals surface area contributed by atoms with Crippen molar-refractivity contribution in [2.75, 3.05) is 24.3 Å². The molecule has 7 heteroatoms. The number of nitrogens with one attached hydrogen (secondary N) is 3. The Kier molecular flexibility index (Phi) is 5.12. The smallest absolute Gasteiger partial charge is 0.319 e. The molecule has 0 saturated heterocycles. The molecule has 0 aromatic heterocycles. The number of allylic oxidation sites excluding steroid dienone is 1. The van der Waals surface area contributed by atoms with Crippen LogP contribution in [0.3, 0.4) is 0 Å². The first-order valence-corrected chi connectivity index (χ1v) is 8.48. The van der Waals surface area contributed by atoms with Crippen LogP contribution in [0, 0.1) is 5.82 Å². The molecule has 0 fully saturated rings. The lowest BCUT2D eigenvalue weighted by Crippen LogP contribution is -2.46. The van der Waals surface area contributed by atoms with Gasteiger partial charge < -0.3 is 20.9 Å². The van der Waals surface area contributed by atoms with Gasteiger partial charge in [-0.2, -0.15) is 0 Å². The van der Waals surface area contributed by atoms with E-state index in [0.717, 1.165) is 11.3 Å². The lowest BCUT2D eigenvalue weighted by Gasteiger charge is -2.29. The third kappa shape index (κ3) is 3.92. The monoisotopic (exact) mass is 368 g/mol. The van der Waals surface area contributed by atoms with E-state index in [9.17, 15) is 14.0 Å². The molecule has 6 nitrogen and oxygen atoms in total. The number of rotatable bonds is 4. The highest BCUT2D eigenvalue weighted by atomic mass is 19.1. The van der Waals surface area contributed by atoms with E-state index in [1.54, 1.807) is 19.1 Å². The highest BCUT2D eigenvalue weighted by Gasteiger charge is 2.31. The highest BCUT2D eigenvalue weighted by molar-refractivity contribution is 6.06. The Balaban J connectivity index is 1.94. The molecule has 3 rings (SSSR count). The van der Waals surface area contributed by atoms with E-state index in [1.165, 1.54) is 12.1 Å². The first-order chi connectivity index (χ1) is 12.9. The zero-order valence-corrected chi connectivity index (χ0v) is 15.3. The van der Waals surface area contributed by atoms with E-state index in [0.29, 0.717) is 11.3 Å². The second-order valence-corrected chi connectivity index (χ2v) is 6.49. The van der Waals surface area contributed by atoms with Gasteiger partial charge in [0.15, 0.2) is 0 Å². The van der Waals surface area contributed by atoms with E-state index in [-0.39, 0.29) is 5.69 Å². The van der Waals surface area contributed by atoms with Gasteiger partial charge in [-0.3, -0.25) is 4.79 Å². The summed E-state index contributed by atoms with van der Waals surface area (Å²) in [7, 11) is 3.86. The number of hydrogen-bond donors (Lipinski definition) is 3. The van der Waals surface area contributed by atoms with E-state index in [2.05, 4.69) is 16.0 Å². The molecule has 0 unspecified atom stereocenters. The Morgan fingerprint density at radius 1 is 1.11 bits per heavy atom. The minimum atomic E-state index is -0.637. The third-order valence-corrected chi connectivity index (χ3v) is 4.38. The maximum Gasteiger partial charge on any atom is 0.319 e. The quantitative estimate of drug-likeness (QED) is 0.776. The SMILES string of the molecule is CC1=C(C(=O)Nc2ccccc2F)[C@H](c2ccc(N(C)C)cc2)NC(=O)N1. The van der Waals surface area contributed by atoms with Gasteiger partial charge in [-0.25, -0.2) is 9.18 Å². The van der Waals surface area contributed by atoms with Crippen LogP contribution in [-0.2, 0) is 4.79 Å². The molecular formula is C20H21FN4O2. The number of halogens is 1. The van der Waals surface area contributed by atoms with Crippen LogP contribution in [0.1, 0.15) is 18.5 Å². The Labute approximate surface area is 157 Å². The number of carbonyl (C=O) groups excluding carboxylic acids is 2. The summed E-state index contributed by atoms with van der Waals surface area (Å²) in [5, 5.41) is 7.96. The number of benzene rings is 2. The maximum atomic E-state index is 13.9. The van der Waals surface area contributed by atoms with Crippen LogP contribution in [0.5, 0.6) is 0 Å². The minimum absolute atomic E-state index is 0.0846. The van der Waals surface area contributed by atoms with Crippen LogP contribution < -0.4 is 20.9 Å². The standard InChI is InChI=1S/C20H21FN4O2/c1-12-17(19(26)23-16-7-5-4-6-15(16)21)18(24-20(27)22-12)13-8-10-14(11-9-13)25(2)3/h4-11,18H,1-3H3,(H,23,26)(H2,22,24,27)/t18-/m0/s1. The summed E-state index contributed by atoms with van der Waals surface area (Å²) in [6, 6.07) is 12.4. The molecule has 3 amide bonds. The summed E-state index contributed by atoms with van der Waals surface area (Å²) < 4.78 is 13.9. The number of amides is 3. The molecule has 1 heterocycles. The van der Waals surface area contributed by atoms with Crippen molar-refractivity contribution in [2.45, 2.75) is 13.0 Å². The fraction of sp³-hybridized carbons (Fsp3) is 0.200. The molecule has 2 aromatic carbocycles. The minimum Gasteiger partial charge on any atom is -0.378 e. The number of carbonyl (C=O) groups is 2. The number of urea groups is 1. The van der Waals surface area contributed by atoms with Gasteiger partial charge in [-0.1, -0.05) is 24.3 Å². The summed E-state index contributed by atoms with van der Waals surface area (Å²) in [5.41, 5.74) is 2.59. The predicted octanol–water partition coefficient (Wildman–Crippen LogP) is 3.16. The maximum absolute atomic E-state index is 13.9. The van der Waals surface area contributed by atoms with Crippen molar-refractivity contribution in [3.63, 3.8) is 0 Å². The normalized spacial score (nSPS) is 16.4. The summed E-state index contributed by atoms with van der Waals surface area (Å²) in [4.78, 5) is 26.8. The van der Waals surface area contributed by atoms with Crippen LogP contribution >= 0.6 is 0 Å². The third-order valence-electron chi connectivity index (χ3n) is 4.38. The lowest BCUT2D eigenvalue weighted by atomic mass is 9.94. The van der Waals surface area contributed by atoms with Crippen molar-refractivity contribution in [3.05, 3.63) is 71.2 Å². The van der Waals surface area contributed by atoms with Crippen molar-refractivity contribution in [1.29, 1.82) is 0 Å². The number of para-hydroxylation sites is 1. The molecule has 3 N–H and O–H groups in total. The van der Waals surface area contributed by atoms with Crippen LogP contribution in [0.4, 0.5) is 20.6 Å². The van der Waals surface area contributed by atoms with Crippen molar-refractivity contribution < 1.29 is 14.0 Å². The zero-order valence-electron chi connectivity index (χ0n) is 15.3. The molecule has 0 saturated carbocycles. The number of hydrogen-bond acceptors (Lipinski definition) is 3. The van der Waals surface area contributed by atoms with Crippen LogP contribution in [0.2, 0.25) is 0 Å². The highest BCUT2D eigenvalue weighted by Crippen LogP contribution is 2.29. The summed E-state index contributed by atoms with van der Waals surface area (Å²) in [6.07, 6.45) is 0. The topological polar surface area (TPSA) is 73.5 Å². The van der Waals surface area contributed by atoms with Gasteiger partial charge in [-0.15, -0.1) is 0 Å². The second-order valence-electron chi connectivity index (χ2n) is 6.49. The molecule has 1 aliphatic rings. The molecule has 0 aliphatic carbocycles. The zero-order chi connectivity index (χ0) is 19.6.